The molecule has 1 heterocycles. The second-order valence-electron chi connectivity index (χ2n) is 26.2. The summed E-state index contributed by atoms with van der Waals surface area (Å²) in [5.74, 6) is -1.02. The quantitative estimate of drug-likeness (QED) is 0.00634. The van der Waals surface area contributed by atoms with Crippen LogP contribution in [0.15, 0.2) is 72.8 Å². The number of fused-ring (bicyclic) bond motifs is 2. The molecule has 0 saturated carbocycles. The monoisotopic (exact) mass is 1620 g/mol. The topological polar surface area (TPSA) is 405 Å². The van der Waals surface area contributed by atoms with Gasteiger partial charge in [-0.25, -0.2) is 14.6 Å². The summed E-state index contributed by atoms with van der Waals surface area (Å²) in [5, 5.41) is 48.7. The lowest BCUT2D eigenvalue weighted by Crippen LogP contribution is -2.44. The van der Waals surface area contributed by atoms with E-state index in [9.17, 15) is 72.9 Å². The zero-order valence-corrected chi connectivity index (χ0v) is 64.0. The molecule has 0 aliphatic carbocycles. The third-order valence-corrected chi connectivity index (χ3v) is 19.7. The number of aryl methyl sites for hydroxylation is 1. The van der Waals surface area contributed by atoms with Gasteiger partial charge in [-0.2, -0.15) is 0 Å². The minimum Gasteiger partial charge on any atom is -0.481 e. The molecule has 4 unspecified atom stereocenters. The van der Waals surface area contributed by atoms with Crippen LogP contribution in [0.4, 0.5) is 5.69 Å². The number of nitrogens with one attached hydrogen (secondary N) is 4. The minimum atomic E-state index is -4.21. The predicted octanol–water partition coefficient (Wildman–Crippen LogP) is 9.34. The lowest BCUT2D eigenvalue weighted by atomic mass is 9.94. The van der Waals surface area contributed by atoms with Crippen LogP contribution in [-0.2, 0) is 98.7 Å². The zero-order valence-electron chi connectivity index (χ0n) is 61.0. The summed E-state index contributed by atoms with van der Waals surface area (Å²) >= 11 is 2.23. The van der Waals surface area contributed by atoms with E-state index in [2.05, 4.69) is 65.5 Å². The minimum absolute atomic E-state index is 0.000326. The van der Waals surface area contributed by atoms with Crippen molar-refractivity contribution in [2.45, 2.75) is 186 Å². The first-order valence-electron chi connectivity index (χ1n) is 36.8. The van der Waals surface area contributed by atoms with Crippen molar-refractivity contribution < 1.29 is 111 Å². The fourth-order valence-corrected chi connectivity index (χ4v) is 13.4. The Balaban J connectivity index is 1.12. The number of hydrogen-bond acceptors (Lipinski definition) is 20. The highest BCUT2D eigenvalue weighted by Crippen LogP contribution is 2.45. The average Bonchev–Trinajstić information content (AvgIpc) is 0.806. The largest absolute Gasteiger partial charge is 0.481 e. The molecular formula is C76H109IN5O23P. The van der Waals surface area contributed by atoms with Gasteiger partial charge in [0.15, 0.2) is 0 Å². The third-order valence-electron chi connectivity index (χ3n) is 17.5. The van der Waals surface area contributed by atoms with Gasteiger partial charge in [-0.3, -0.25) is 58.2 Å². The van der Waals surface area contributed by atoms with E-state index in [1.807, 2.05) is 72.8 Å². The summed E-state index contributed by atoms with van der Waals surface area (Å²) in [4.78, 5) is 149. The van der Waals surface area contributed by atoms with E-state index in [0.29, 0.717) is 90.7 Å². The summed E-state index contributed by atoms with van der Waals surface area (Å²) in [6.07, 6.45) is 5.31. The normalized spacial score (nSPS) is 13.7. The molecule has 5 amide bonds. The standard InChI is InChI=1S/C76H109IN5O23P/c1-2-15-62(75(91)92)55-106(97,98)105-42-13-20-64(54-104-96)80-72(88)35-28-57(53-103-95)50-66(84)21-4-3-10-39-79-71(87)36-31-60(74(90)81-68(76(93)94)23-9-11-40-78-70(86)25-12-16-56-26-32-63(77)33-27-56)51-67(85)38-43-100-45-47-102-49-48-101-46-44-99-41-14-22-65(83)34-37-73(89)82-52-61-19-6-5-17-58(61)29-30-59-18-7-8-24-69(59)82/h5-8,17-19,24,26-27,32-33,57,60,62,64,68,95-96H,2-4,9-16,20-23,25,28,31,34-55H2,1H3,(H,78,86)(H,79,87)(H,80,88)(H,81,90)(H,91,92)(H,93,94)(H,97,98)/t57-,60?,62?,64-,68?/m0/s1. The Hall–Kier alpha value is -6.92. The molecule has 3 aromatic carbocycles. The molecule has 28 nitrogen and oxygen atoms in total. The molecule has 3 aromatic rings. The number of carbonyl (C=O) groups excluding carboxylic acids is 8. The second kappa shape index (κ2) is 54.6. The van der Waals surface area contributed by atoms with Crippen molar-refractivity contribution in [3.8, 4) is 11.8 Å². The molecule has 9 N–H and O–H groups in total. The Morgan fingerprint density at radius 2 is 1.15 bits per heavy atom. The van der Waals surface area contributed by atoms with Crippen LogP contribution in [0.5, 0.6) is 0 Å². The number of rotatable bonds is 62. The molecule has 0 spiro atoms. The highest BCUT2D eigenvalue weighted by molar-refractivity contribution is 14.1. The SMILES string of the molecule is CCCC(CP(=O)(O)OCCC[C@@H](COO)NC(=O)CC[C@H](COO)CC(=O)CCCCCNC(=O)CCC(CC(=O)CCOCCOCCOCCOCCCC(=O)CCC(=O)N1Cc2ccccc2C#Cc2ccccc21)C(=O)NC(CCCCNC(=O)CCCc1ccc(I)cc1)C(=O)O)C(=O)O. The van der Waals surface area contributed by atoms with Crippen molar-refractivity contribution in [1.29, 1.82) is 0 Å². The van der Waals surface area contributed by atoms with Gasteiger partial charge >= 0.3 is 19.5 Å². The van der Waals surface area contributed by atoms with Crippen molar-refractivity contribution in [3.63, 3.8) is 0 Å². The van der Waals surface area contributed by atoms with Crippen LogP contribution in [0.2, 0.25) is 0 Å². The van der Waals surface area contributed by atoms with Crippen LogP contribution in [0.25, 0.3) is 0 Å². The summed E-state index contributed by atoms with van der Waals surface area (Å²) in [5.41, 5.74) is 4.42. The van der Waals surface area contributed by atoms with Gasteiger partial charge in [-0.1, -0.05) is 74.1 Å². The van der Waals surface area contributed by atoms with E-state index in [-0.39, 0.29) is 185 Å². The number of carboxylic acids is 2. The Kier molecular flexibility index (Phi) is 47.1. The van der Waals surface area contributed by atoms with E-state index in [1.54, 1.807) is 11.8 Å². The third kappa shape index (κ3) is 40.9. The Bertz CT molecular complexity index is 3300. The molecule has 0 fully saturated rings. The molecule has 0 bridgehead atoms. The number of carboxylic acid groups (broad SMARTS) is 2. The Morgan fingerprint density at radius 1 is 0.538 bits per heavy atom. The fourth-order valence-electron chi connectivity index (χ4n) is 11.6. The number of hydrogen-bond donors (Lipinski definition) is 9. The van der Waals surface area contributed by atoms with E-state index in [1.165, 1.54) is 0 Å². The number of halogens is 1. The van der Waals surface area contributed by atoms with Crippen LogP contribution in [-0.4, -0.2) is 188 Å². The number of ketones is 3. The van der Waals surface area contributed by atoms with Crippen molar-refractivity contribution >= 4 is 94.7 Å². The van der Waals surface area contributed by atoms with Crippen molar-refractivity contribution in [1.82, 2.24) is 21.3 Å². The Labute approximate surface area is 635 Å². The van der Waals surface area contributed by atoms with E-state index < -0.39 is 73.3 Å². The molecular weight excluding hydrogens is 1510 g/mol. The smallest absolute Gasteiger partial charge is 0.328 e. The first-order chi connectivity index (χ1) is 51.1. The van der Waals surface area contributed by atoms with Crippen molar-refractivity contribution in [2.75, 3.05) is 96.8 Å². The lowest BCUT2D eigenvalue weighted by molar-refractivity contribution is -0.251. The first kappa shape index (κ1) is 91.5. The maximum absolute atomic E-state index is 13.8. The van der Waals surface area contributed by atoms with Gasteiger partial charge < -0.3 is 64.7 Å². The number of para-hydroxylation sites is 1. The first-order valence-corrected chi connectivity index (χ1v) is 39.6. The number of Topliss-reactive ketones (excluding diaryl/α,β-unsaturated/α-hetero) is 3. The van der Waals surface area contributed by atoms with Crippen molar-refractivity contribution in [2.24, 2.45) is 17.8 Å². The summed E-state index contributed by atoms with van der Waals surface area (Å²) in [6.45, 7) is 3.84. The van der Waals surface area contributed by atoms with Crippen molar-refractivity contribution in [3.05, 3.63) is 98.6 Å². The van der Waals surface area contributed by atoms with Gasteiger partial charge in [0.2, 0.25) is 29.5 Å². The Morgan fingerprint density at radius 3 is 1.83 bits per heavy atom. The maximum atomic E-state index is 13.8. The van der Waals surface area contributed by atoms with E-state index in [0.717, 1.165) is 37.9 Å². The van der Waals surface area contributed by atoms with Gasteiger partial charge in [-0.05, 0) is 153 Å². The number of amides is 5. The molecule has 0 saturated heterocycles. The number of carbonyl (C=O) groups is 10. The van der Waals surface area contributed by atoms with Gasteiger partial charge in [0.25, 0.3) is 0 Å². The summed E-state index contributed by atoms with van der Waals surface area (Å²) < 4.78 is 41.1. The van der Waals surface area contributed by atoms with Gasteiger partial charge in [0.05, 0.1) is 89.8 Å². The molecule has 1 aliphatic heterocycles. The summed E-state index contributed by atoms with van der Waals surface area (Å²) in [6, 6.07) is 21.3. The van der Waals surface area contributed by atoms with E-state index >= 15 is 0 Å². The van der Waals surface area contributed by atoms with Crippen LogP contribution in [0, 0.1) is 33.2 Å². The molecule has 588 valence electrons. The predicted molar refractivity (Wildman–Crippen MR) is 401 cm³/mol. The second-order valence-corrected chi connectivity index (χ2v) is 29.4. The fraction of sp³-hybridized carbons (Fsp3) is 0.605. The number of anilines is 1. The van der Waals surface area contributed by atoms with Crippen LogP contribution >= 0.6 is 30.2 Å². The molecule has 30 heteroatoms. The number of unbranched alkanes of at least 4 members (excludes halogenated alkanes) is 3. The maximum Gasteiger partial charge on any atom is 0.328 e. The van der Waals surface area contributed by atoms with Crippen LogP contribution in [0.1, 0.15) is 183 Å². The van der Waals surface area contributed by atoms with E-state index in [4.69, 9.17) is 28.7 Å². The number of nitrogens with zero attached hydrogens (tertiary/aromatic N) is 1. The molecule has 4 rings (SSSR count). The highest BCUT2D eigenvalue weighted by atomic mass is 127. The van der Waals surface area contributed by atoms with Crippen LogP contribution in [0.3, 0.4) is 0 Å². The number of ether oxygens (including phenoxy) is 4. The zero-order chi connectivity index (χ0) is 77.2. The average molecular weight is 1620 g/mol. The van der Waals surface area contributed by atoms with Crippen LogP contribution < -0.4 is 26.2 Å². The van der Waals surface area contributed by atoms with Gasteiger partial charge in [0, 0.05) is 105 Å². The molecule has 1 aliphatic rings. The molecule has 6 atom stereocenters. The number of benzene rings is 3. The molecule has 0 radical (unpaired) electrons. The summed E-state index contributed by atoms with van der Waals surface area (Å²) in [7, 11) is -4.21. The molecule has 0 aromatic heterocycles. The van der Waals surface area contributed by atoms with Gasteiger partial charge in [0.1, 0.15) is 30.0 Å². The molecule has 106 heavy (non-hydrogen) atoms. The number of aliphatic carboxylic acids is 2. The lowest BCUT2D eigenvalue weighted by Gasteiger charge is -2.26. The van der Waals surface area contributed by atoms with Gasteiger partial charge in [-0.15, -0.1) is 0 Å². The highest BCUT2D eigenvalue weighted by Gasteiger charge is 2.31.